The van der Waals surface area contributed by atoms with Crippen LogP contribution in [0.1, 0.15) is 33.6 Å². The van der Waals surface area contributed by atoms with Crippen LogP contribution in [0.3, 0.4) is 0 Å². The lowest BCUT2D eigenvalue weighted by Crippen LogP contribution is -2.58. The predicted octanol–water partition coefficient (Wildman–Crippen LogP) is 1.65. The molecule has 0 saturated carbocycles. The van der Waals surface area contributed by atoms with Crippen LogP contribution in [0.4, 0.5) is 4.79 Å². The third-order valence-electron chi connectivity index (χ3n) is 3.94. The molecular weight excluding hydrogens is 260 g/mol. The standard InChI is InChI=1S/C14H26N2O4/c1-5-16(14(2,3)12(17)18)13(19)15-8-6-7-11(9-15)10-20-4/h11H,5-10H2,1-4H3,(H,17,18). The Morgan fingerprint density at radius 2 is 2.10 bits per heavy atom. The molecule has 1 unspecified atom stereocenters. The lowest BCUT2D eigenvalue weighted by Gasteiger charge is -2.40. The summed E-state index contributed by atoms with van der Waals surface area (Å²) in [4.78, 5) is 27.1. The van der Waals surface area contributed by atoms with E-state index in [4.69, 9.17) is 4.74 Å². The summed E-state index contributed by atoms with van der Waals surface area (Å²) in [5, 5.41) is 9.29. The Labute approximate surface area is 120 Å². The van der Waals surface area contributed by atoms with Gasteiger partial charge in [0.1, 0.15) is 5.54 Å². The van der Waals surface area contributed by atoms with Gasteiger partial charge in [-0.2, -0.15) is 0 Å². The molecule has 0 bridgehead atoms. The molecule has 6 heteroatoms. The molecule has 0 spiro atoms. The fourth-order valence-electron chi connectivity index (χ4n) is 2.67. The number of hydrogen-bond donors (Lipinski definition) is 1. The summed E-state index contributed by atoms with van der Waals surface area (Å²) in [6, 6.07) is -0.194. The lowest BCUT2D eigenvalue weighted by molar-refractivity contribution is -0.147. The molecule has 1 aliphatic heterocycles. The van der Waals surface area contributed by atoms with Gasteiger partial charge in [0, 0.05) is 32.7 Å². The Morgan fingerprint density at radius 3 is 2.60 bits per heavy atom. The summed E-state index contributed by atoms with van der Waals surface area (Å²) >= 11 is 0. The maximum absolute atomic E-state index is 12.6. The number of hydrogen-bond acceptors (Lipinski definition) is 3. The highest BCUT2D eigenvalue weighted by Crippen LogP contribution is 2.22. The van der Waals surface area contributed by atoms with Crippen LogP contribution in [0.25, 0.3) is 0 Å². The zero-order valence-electron chi connectivity index (χ0n) is 12.9. The van der Waals surface area contributed by atoms with Gasteiger partial charge in [0.15, 0.2) is 0 Å². The molecule has 1 saturated heterocycles. The van der Waals surface area contributed by atoms with Crippen molar-refractivity contribution in [2.45, 2.75) is 39.2 Å². The van der Waals surface area contributed by atoms with Gasteiger partial charge in [0.2, 0.25) is 0 Å². The van der Waals surface area contributed by atoms with E-state index in [-0.39, 0.29) is 6.03 Å². The molecule has 1 fully saturated rings. The van der Waals surface area contributed by atoms with Gasteiger partial charge < -0.3 is 19.6 Å². The van der Waals surface area contributed by atoms with Crippen molar-refractivity contribution in [1.29, 1.82) is 0 Å². The number of likely N-dealkylation sites (tertiary alicyclic amines) is 1. The molecule has 116 valence electrons. The molecule has 2 amide bonds. The Kier molecular flexibility index (Phi) is 5.80. The van der Waals surface area contributed by atoms with Crippen molar-refractivity contribution in [2.75, 3.05) is 33.4 Å². The highest BCUT2D eigenvalue weighted by Gasteiger charge is 2.39. The van der Waals surface area contributed by atoms with Gasteiger partial charge in [0.25, 0.3) is 0 Å². The van der Waals surface area contributed by atoms with Crippen LogP contribution in [-0.2, 0) is 9.53 Å². The van der Waals surface area contributed by atoms with Gasteiger partial charge in [-0.25, -0.2) is 9.59 Å². The molecule has 0 aliphatic carbocycles. The van der Waals surface area contributed by atoms with Gasteiger partial charge >= 0.3 is 12.0 Å². The van der Waals surface area contributed by atoms with Crippen molar-refractivity contribution in [1.82, 2.24) is 9.80 Å². The fourth-order valence-corrected chi connectivity index (χ4v) is 2.67. The van der Waals surface area contributed by atoms with E-state index >= 15 is 0 Å². The van der Waals surface area contributed by atoms with Crippen LogP contribution in [0.5, 0.6) is 0 Å². The molecule has 0 aromatic rings. The largest absolute Gasteiger partial charge is 0.480 e. The van der Waals surface area contributed by atoms with Crippen molar-refractivity contribution in [3.8, 4) is 0 Å². The van der Waals surface area contributed by atoms with Crippen LogP contribution >= 0.6 is 0 Å². The lowest BCUT2D eigenvalue weighted by atomic mass is 9.98. The Morgan fingerprint density at radius 1 is 1.45 bits per heavy atom. The highest BCUT2D eigenvalue weighted by atomic mass is 16.5. The number of ether oxygens (including phenoxy) is 1. The van der Waals surface area contributed by atoms with E-state index < -0.39 is 11.5 Å². The number of carbonyl (C=O) groups excluding carboxylic acids is 1. The summed E-state index contributed by atoms with van der Waals surface area (Å²) in [7, 11) is 1.66. The molecule has 1 heterocycles. The molecule has 1 aliphatic rings. The van der Waals surface area contributed by atoms with Gasteiger partial charge in [-0.3, -0.25) is 0 Å². The molecule has 1 atom stereocenters. The van der Waals surface area contributed by atoms with Crippen molar-refractivity contribution in [3.05, 3.63) is 0 Å². The monoisotopic (exact) mass is 286 g/mol. The number of aliphatic carboxylic acids is 1. The summed E-state index contributed by atoms with van der Waals surface area (Å²) in [6.07, 6.45) is 1.98. The molecule has 20 heavy (non-hydrogen) atoms. The minimum absolute atomic E-state index is 0.194. The summed E-state index contributed by atoms with van der Waals surface area (Å²) in [5.74, 6) is -0.650. The fraction of sp³-hybridized carbons (Fsp3) is 0.857. The van der Waals surface area contributed by atoms with Crippen LogP contribution in [0.2, 0.25) is 0 Å². The first-order valence-electron chi connectivity index (χ1n) is 7.13. The average Bonchev–Trinajstić information content (AvgIpc) is 2.39. The molecular formula is C14H26N2O4. The predicted molar refractivity (Wildman–Crippen MR) is 75.7 cm³/mol. The Balaban J connectivity index is 2.78. The number of amides is 2. The molecule has 0 aromatic heterocycles. The van der Waals surface area contributed by atoms with E-state index in [9.17, 15) is 14.7 Å². The minimum atomic E-state index is -1.19. The maximum atomic E-state index is 12.6. The Hall–Kier alpha value is -1.30. The van der Waals surface area contributed by atoms with E-state index in [1.54, 1.807) is 32.8 Å². The van der Waals surface area contributed by atoms with E-state index in [1.165, 1.54) is 4.90 Å². The molecule has 1 N–H and O–H groups in total. The number of carboxylic acids is 1. The van der Waals surface area contributed by atoms with Gasteiger partial charge in [-0.15, -0.1) is 0 Å². The number of carboxylic acid groups (broad SMARTS) is 1. The Bertz CT molecular complexity index is 355. The first-order valence-corrected chi connectivity index (χ1v) is 7.13. The van der Waals surface area contributed by atoms with E-state index in [1.807, 2.05) is 0 Å². The normalized spacial score (nSPS) is 19.8. The topological polar surface area (TPSA) is 70.1 Å². The smallest absolute Gasteiger partial charge is 0.329 e. The third kappa shape index (κ3) is 3.62. The first-order chi connectivity index (χ1) is 9.34. The minimum Gasteiger partial charge on any atom is -0.480 e. The number of rotatable bonds is 5. The van der Waals surface area contributed by atoms with Crippen LogP contribution < -0.4 is 0 Å². The highest BCUT2D eigenvalue weighted by molar-refractivity contribution is 5.85. The van der Waals surface area contributed by atoms with E-state index in [2.05, 4.69) is 0 Å². The van der Waals surface area contributed by atoms with Crippen molar-refractivity contribution < 1.29 is 19.4 Å². The molecule has 1 rings (SSSR count). The van der Waals surface area contributed by atoms with E-state index in [0.29, 0.717) is 32.2 Å². The number of piperidine rings is 1. The van der Waals surface area contributed by atoms with Gasteiger partial charge in [0.05, 0.1) is 6.61 Å². The zero-order valence-corrected chi connectivity index (χ0v) is 12.9. The SMILES string of the molecule is CCN(C(=O)N1CCCC(COC)C1)C(C)(C)C(=O)O. The second-order valence-corrected chi connectivity index (χ2v) is 5.80. The van der Waals surface area contributed by atoms with Crippen LogP contribution in [0.15, 0.2) is 0 Å². The molecule has 0 aromatic carbocycles. The summed E-state index contributed by atoms with van der Waals surface area (Å²) in [5.41, 5.74) is -1.19. The zero-order chi connectivity index (χ0) is 15.3. The second kappa shape index (κ2) is 6.92. The number of methoxy groups -OCH3 is 1. The maximum Gasteiger partial charge on any atom is 0.329 e. The van der Waals surface area contributed by atoms with Crippen LogP contribution in [-0.4, -0.2) is 65.8 Å². The third-order valence-corrected chi connectivity index (χ3v) is 3.94. The number of carbonyl (C=O) groups is 2. The van der Waals surface area contributed by atoms with Gasteiger partial charge in [-0.05, 0) is 33.6 Å². The number of likely N-dealkylation sites (N-methyl/N-ethyl adjacent to an activating group) is 1. The number of nitrogens with zero attached hydrogens (tertiary/aromatic N) is 2. The van der Waals surface area contributed by atoms with Crippen molar-refractivity contribution in [3.63, 3.8) is 0 Å². The van der Waals surface area contributed by atoms with Crippen molar-refractivity contribution >= 4 is 12.0 Å². The van der Waals surface area contributed by atoms with Crippen LogP contribution in [0, 0.1) is 5.92 Å². The first kappa shape index (κ1) is 16.8. The molecule has 0 radical (unpaired) electrons. The quantitative estimate of drug-likeness (QED) is 0.834. The van der Waals surface area contributed by atoms with Gasteiger partial charge in [-0.1, -0.05) is 0 Å². The summed E-state index contributed by atoms with van der Waals surface area (Å²) in [6.45, 7) is 7.27. The second-order valence-electron chi connectivity index (χ2n) is 5.80. The average molecular weight is 286 g/mol. The van der Waals surface area contributed by atoms with Crippen molar-refractivity contribution in [2.24, 2.45) is 5.92 Å². The number of urea groups is 1. The van der Waals surface area contributed by atoms with E-state index in [0.717, 1.165) is 12.8 Å². The summed E-state index contributed by atoms with van der Waals surface area (Å²) < 4.78 is 5.16. The molecule has 6 nitrogen and oxygen atoms in total.